The van der Waals surface area contributed by atoms with E-state index in [1.807, 2.05) is 4.90 Å². The average molecular weight is 268 g/mol. The number of likely N-dealkylation sites (tertiary alicyclic amines) is 1. The maximum absolute atomic E-state index is 12.3. The van der Waals surface area contributed by atoms with Crippen LogP contribution in [0.25, 0.3) is 0 Å². The summed E-state index contributed by atoms with van der Waals surface area (Å²) in [5, 5.41) is 0. The van der Waals surface area contributed by atoms with Gasteiger partial charge < -0.3 is 15.5 Å². The number of amides is 1. The standard InChI is InChI=1S/C14H28N4O/c1-12-3-4-18(13(9-12)10-15)11-14(19)17-7-5-16(2)6-8-17/h12-13H,3-11,15H2,1-2H3. The Morgan fingerprint density at radius 3 is 2.53 bits per heavy atom. The Bertz CT molecular complexity index is 302. The van der Waals surface area contributed by atoms with Gasteiger partial charge in [-0.15, -0.1) is 0 Å². The lowest BCUT2D eigenvalue weighted by Gasteiger charge is -2.39. The van der Waals surface area contributed by atoms with Crippen molar-refractivity contribution in [3.05, 3.63) is 0 Å². The molecule has 110 valence electrons. The summed E-state index contributed by atoms with van der Waals surface area (Å²) in [7, 11) is 2.11. The van der Waals surface area contributed by atoms with E-state index in [4.69, 9.17) is 5.73 Å². The Kier molecular flexibility index (Phi) is 5.19. The highest BCUT2D eigenvalue weighted by Gasteiger charge is 2.28. The predicted octanol–water partition coefficient (Wildman–Crippen LogP) is -0.180. The van der Waals surface area contributed by atoms with Gasteiger partial charge in [-0.1, -0.05) is 6.92 Å². The van der Waals surface area contributed by atoms with Crippen molar-refractivity contribution in [2.24, 2.45) is 11.7 Å². The van der Waals surface area contributed by atoms with Gasteiger partial charge in [0.2, 0.25) is 5.91 Å². The lowest BCUT2D eigenvalue weighted by Crippen LogP contribution is -2.53. The van der Waals surface area contributed by atoms with E-state index in [1.54, 1.807) is 0 Å². The summed E-state index contributed by atoms with van der Waals surface area (Å²) in [6.07, 6.45) is 2.32. The topological polar surface area (TPSA) is 52.8 Å². The molecule has 2 aliphatic rings. The first kappa shape index (κ1) is 14.8. The van der Waals surface area contributed by atoms with Crippen LogP contribution in [0.15, 0.2) is 0 Å². The van der Waals surface area contributed by atoms with Crippen LogP contribution < -0.4 is 5.73 Å². The highest BCUT2D eigenvalue weighted by molar-refractivity contribution is 5.78. The Morgan fingerprint density at radius 1 is 1.21 bits per heavy atom. The highest BCUT2D eigenvalue weighted by Crippen LogP contribution is 2.21. The summed E-state index contributed by atoms with van der Waals surface area (Å²) in [6.45, 7) is 8.23. The first-order valence-corrected chi connectivity index (χ1v) is 7.50. The predicted molar refractivity (Wildman–Crippen MR) is 76.9 cm³/mol. The second-order valence-electron chi connectivity index (χ2n) is 6.17. The van der Waals surface area contributed by atoms with E-state index in [-0.39, 0.29) is 5.91 Å². The monoisotopic (exact) mass is 268 g/mol. The summed E-state index contributed by atoms with van der Waals surface area (Å²) in [5.74, 6) is 1.02. The first-order valence-electron chi connectivity index (χ1n) is 7.50. The van der Waals surface area contributed by atoms with Crippen molar-refractivity contribution in [2.75, 3.05) is 52.9 Å². The smallest absolute Gasteiger partial charge is 0.236 e. The molecule has 5 nitrogen and oxygen atoms in total. The van der Waals surface area contributed by atoms with Crippen molar-refractivity contribution < 1.29 is 4.79 Å². The maximum atomic E-state index is 12.3. The van der Waals surface area contributed by atoms with Gasteiger partial charge in [-0.25, -0.2) is 0 Å². The number of likely N-dealkylation sites (N-methyl/N-ethyl adjacent to an activating group) is 1. The third-order valence-electron chi connectivity index (χ3n) is 4.57. The summed E-state index contributed by atoms with van der Waals surface area (Å²) >= 11 is 0. The summed E-state index contributed by atoms with van der Waals surface area (Å²) in [6, 6.07) is 0.389. The number of carbonyl (C=O) groups is 1. The van der Waals surface area contributed by atoms with E-state index in [0.29, 0.717) is 19.1 Å². The van der Waals surface area contributed by atoms with Gasteiger partial charge in [-0.05, 0) is 32.4 Å². The first-order chi connectivity index (χ1) is 9.10. The molecule has 2 heterocycles. The Labute approximate surface area is 116 Å². The van der Waals surface area contributed by atoms with E-state index >= 15 is 0 Å². The quantitative estimate of drug-likeness (QED) is 0.771. The van der Waals surface area contributed by atoms with E-state index in [1.165, 1.54) is 6.42 Å². The zero-order chi connectivity index (χ0) is 13.8. The van der Waals surface area contributed by atoms with Crippen LogP contribution in [0, 0.1) is 5.92 Å². The van der Waals surface area contributed by atoms with E-state index in [9.17, 15) is 4.79 Å². The zero-order valence-corrected chi connectivity index (χ0v) is 12.3. The third kappa shape index (κ3) is 3.91. The minimum atomic E-state index is 0.279. The number of piperazine rings is 1. The molecule has 2 rings (SSSR count). The molecule has 2 aliphatic heterocycles. The highest BCUT2D eigenvalue weighted by atomic mass is 16.2. The molecule has 0 aliphatic carbocycles. The third-order valence-corrected chi connectivity index (χ3v) is 4.57. The molecule has 0 aromatic rings. The fourth-order valence-corrected chi connectivity index (χ4v) is 3.08. The van der Waals surface area contributed by atoms with Crippen LogP contribution in [0.1, 0.15) is 19.8 Å². The van der Waals surface area contributed by atoms with Gasteiger partial charge in [0.1, 0.15) is 0 Å². The molecule has 1 amide bonds. The lowest BCUT2D eigenvalue weighted by molar-refractivity contribution is -0.135. The van der Waals surface area contributed by atoms with Crippen LogP contribution >= 0.6 is 0 Å². The number of hydrogen-bond acceptors (Lipinski definition) is 4. The molecular weight excluding hydrogens is 240 g/mol. The molecule has 0 aromatic heterocycles. The zero-order valence-electron chi connectivity index (χ0n) is 12.3. The molecule has 2 unspecified atom stereocenters. The summed E-state index contributed by atoms with van der Waals surface area (Å²) in [5.41, 5.74) is 5.86. The van der Waals surface area contributed by atoms with Gasteiger partial charge >= 0.3 is 0 Å². The SMILES string of the molecule is CC1CCN(CC(=O)N2CCN(C)CC2)C(CN)C1. The van der Waals surface area contributed by atoms with E-state index in [2.05, 4.69) is 23.8 Å². The number of carbonyl (C=O) groups excluding carboxylic acids is 1. The van der Waals surface area contributed by atoms with Gasteiger partial charge in [-0.3, -0.25) is 9.69 Å². The van der Waals surface area contributed by atoms with Crippen molar-refractivity contribution >= 4 is 5.91 Å². The van der Waals surface area contributed by atoms with Gasteiger partial charge in [0.25, 0.3) is 0 Å². The Balaban J connectivity index is 1.84. The second kappa shape index (κ2) is 6.68. The van der Waals surface area contributed by atoms with Gasteiger partial charge in [0, 0.05) is 38.8 Å². The molecule has 0 aromatic carbocycles. The minimum Gasteiger partial charge on any atom is -0.339 e. The molecule has 2 fully saturated rings. The van der Waals surface area contributed by atoms with Crippen LogP contribution in [-0.2, 0) is 4.79 Å². The average Bonchev–Trinajstić information content (AvgIpc) is 2.41. The van der Waals surface area contributed by atoms with Gasteiger partial charge in [-0.2, -0.15) is 0 Å². The number of piperidine rings is 1. The largest absolute Gasteiger partial charge is 0.339 e. The van der Waals surface area contributed by atoms with Crippen molar-refractivity contribution in [3.63, 3.8) is 0 Å². The normalized spacial score (nSPS) is 30.6. The molecule has 0 saturated carbocycles. The number of hydrogen-bond donors (Lipinski definition) is 1. The van der Waals surface area contributed by atoms with Crippen molar-refractivity contribution in [3.8, 4) is 0 Å². The van der Waals surface area contributed by atoms with Crippen LogP contribution in [0.2, 0.25) is 0 Å². The van der Waals surface area contributed by atoms with Crippen molar-refractivity contribution in [2.45, 2.75) is 25.8 Å². The fraction of sp³-hybridized carbons (Fsp3) is 0.929. The lowest BCUT2D eigenvalue weighted by atomic mass is 9.92. The molecule has 0 spiro atoms. The van der Waals surface area contributed by atoms with E-state index in [0.717, 1.165) is 45.1 Å². The molecule has 19 heavy (non-hydrogen) atoms. The molecule has 2 atom stereocenters. The fourth-order valence-electron chi connectivity index (χ4n) is 3.08. The molecule has 0 bridgehead atoms. The van der Waals surface area contributed by atoms with E-state index < -0.39 is 0 Å². The maximum Gasteiger partial charge on any atom is 0.236 e. The summed E-state index contributed by atoms with van der Waals surface area (Å²) in [4.78, 5) is 18.9. The molecule has 0 radical (unpaired) electrons. The molecular formula is C14H28N4O. The Hall–Kier alpha value is -0.650. The Morgan fingerprint density at radius 2 is 1.89 bits per heavy atom. The number of rotatable bonds is 3. The minimum absolute atomic E-state index is 0.279. The van der Waals surface area contributed by atoms with Crippen LogP contribution in [-0.4, -0.2) is 79.5 Å². The second-order valence-corrected chi connectivity index (χ2v) is 6.17. The summed E-state index contributed by atoms with van der Waals surface area (Å²) < 4.78 is 0. The number of nitrogens with two attached hydrogens (primary N) is 1. The molecule has 5 heteroatoms. The number of nitrogens with zero attached hydrogens (tertiary/aromatic N) is 3. The van der Waals surface area contributed by atoms with Crippen LogP contribution in [0.5, 0.6) is 0 Å². The van der Waals surface area contributed by atoms with Crippen LogP contribution in [0.4, 0.5) is 0 Å². The molecule has 2 saturated heterocycles. The molecule has 2 N–H and O–H groups in total. The van der Waals surface area contributed by atoms with Crippen molar-refractivity contribution in [1.29, 1.82) is 0 Å². The van der Waals surface area contributed by atoms with Gasteiger partial charge in [0.15, 0.2) is 0 Å². The van der Waals surface area contributed by atoms with Crippen molar-refractivity contribution in [1.82, 2.24) is 14.7 Å². The van der Waals surface area contributed by atoms with Gasteiger partial charge in [0.05, 0.1) is 6.54 Å². The van der Waals surface area contributed by atoms with Crippen LogP contribution in [0.3, 0.4) is 0 Å².